The van der Waals surface area contributed by atoms with Crippen molar-refractivity contribution in [2.45, 2.75) is 46.1 Å². The average molecular weight is 275 g/mol. The van der Waals surface area contributed by atoms with E-state index in [2.05, 4.69) is 43.0 Å². The van der Waals surface area contributed by atoms with E-state index in [0.717, 1.165) is 25.8 Å². The number of hydrogen-bond acceptors (Lipinski definition) is 2. The number of carbonyl (C=O) groups is 1. The van der Waals surface area contributed by atoms with Gasteiger partial charge in [0.2, 0.25) is 0 Å². The molecule has 0 aliphatic carbocycles. The maximum absolute atomic E-state index is 11.4. The second-order valence-electron chi connectivity index (χ2n) is 6.11. The maximum atomic E-state index is 11.4. The van der Waals surface area contributed by atoms with Crippen LogP contribution >= 0.6 is 0 Å². The van der Waals surface area contributed by atoms with Gasteiger partial charge in [0.1, 0.15) is 0 Å². The normalized spacial score (nSPS) is 24.8. The minimum absolute atomic E-state index is 0.335. The zero-order valence-corrected chi connectivity index (χ0v) is 12.7. The molecule has 2 rings (SSSR count). The highest BCUT2D eigenvalue weighted by atomic mass is 16.4. The van der Waals surface area contributed by atoms with Crippen LogP contribution in [0.5, 0.6) is 0 Å². The predicted octanol–water partition coefficient (Wildman–Crippen LogP) is 3.50. The molecule has 1 aromatic carbocycles. The number of likely N-dealkylation sites (tertiary alicyclic amines) is 1. The molecule has 3 heteroatoms. The Morgan fingerprint density at radius 2 is 2.00 bits per heavy atom. The molecule has 0 saturated carbocycles. The van der Waals surface area contributed by atoms with Crippen molar-refractivity contribution < 1.29 is 9.90 Å². The van der Waals surface area contributed by atoms with Gasteiger partial charge in [0, 0.05) is 12.6 Å². The van der Waals surface area contributed by atoms with Gasteiger partial charge in [-0.3, -0.25) is 9.69 Å². The van der Waals surface area contributed by atoms with Crippen molar-refractivity contribution in [1.82, 2.24) is 4.90 Å². The molecule has 0 aromatic heterocycles. The van der Waals surface area contributed by atoms with Crippen LogP contribution in [0.1, 0.15) is 50.8 Å². The molecule has 1 saturated heterocycles. The van der Waals surface area contributed by atoms with Crippen LogP contribution in [0.3, 0.4) is 0 Å². The first-order chi connectivity index (χ1) is 9.50. The summed E-state index contributed by atoms with van der Waals surface area (Å²) in [6.45, 7) is 7.72. The third kappa shape index (κ3) is 2.88. The van der Waals surface area contributed by atoms with Crippen LogP contribution < -0.4 is 0 Å². The van der Waals surface area contributed by atoms with Crippen molar-refractivity contribution in [3.05, 3.63) is 35.4 Å². The Morgan fingerprint density at radius 3 is 2.45 bits per heavy atom. The van der Waals surface area contributed by atoms with Gasteiger partial charge in [-0.05, 0) is 43.9 Å². The summed E-state index contributed by atoms with van der Waals surface area (Å²) in [6.07, 6.45) is 2.81. The summed E-state index contributed by atoms with van der Waals surface area (Å²) in [5.74, 6) is -0.670. The summed E-state index contributed by atoms with van der Waals surface area (Å²) < 4.78 is 0. The van der Waals surface area contributed by atoms with Crippen molar-refractivity contribution in [2.75, 3.05) is 13.1 Å². The van der Waals surface area contributed by atoms with Gasteiger partial charge in [0.25, 0.3) is 0 Å². The number of rotatable bonds is 5. The number of aryl methyl sites for hydroxylation is 1. The average Bonchev–Trinajstić information content (AvgIpc) is 2.84. The number of benzene rings is 1. The first-order valence-corrected chi connectivity index (χ1v) is 7.56. The fourth-order valence-electron chi connectivity index (χ4n) is 3.12. The Hall–Kier alpha value is -1.35. The minimum atomic E-state index is -0.670. The van der Waals surface area contributed by atoms with E-state index in [1.807, 2.05) is 6.92 Å². The van der Waals surface area contributed by atoms with Gasteiger partial charge in [-0.1, -0.05) is 38.1 Å². The van der Waals surface area contributed by atoms with E-state index >= 15 is 0 Å². The summed E-state index contributed by atoms with van der Waals surface area (Å²) in [4.78, 5) is 13.7. The molecule has 3 nitrogen and oxygen atoms in total. The summed E-state index contributed by atoms with van der Waals surface area (Å²) >= 11 is 0. The molecule has 2 atom stereocenters. The molecule has 1 N–H and O–H groups in total. The van der Waals surface area contributed by atoms with Crippen LogP contribution in [0.4, 0.5) is 0 Å². The van der Waals surface area contributed by atoms with Gasteiger partial charge < -0.3 is 5.11 Å². The van der Waals surface area contributed by atoms with Gasteiger partial charge in [0.05, 0.1) is 5.41 Å². The smallest absolute Gasteiger partial charge is 0.310 e. The van der Waals surface area contributed by atoms with Crippen molar-refractivity contribution in [1.29, 1.82) is 0 Å². The molecule has 2 unspecified atom stereocenters. The van der Waals surface area contributed by atoms with Crippen LogP contribution in [0.2, 0.25) is 0 Å². The van der Waals surface area contributed by atoms with Crippen molar-refractivity contribution in [3.8, 4) is 0 Å². The third-order valence-corrected chi connectivity index (χ3v) is 4.62. The second kappa shape index (κ2) is 5.96. The zero-order chi connectivity index (χ0) is 14.8. The van der Waals surface area contributed by atoms with E-state index in [1.54, 1.807) is 0 Å². The number of nitrogens with zero attached hydrogens (tertiary/aromatic N) is 1. The number of carboxylic acid groups (broad SMARTS) is 1. The van der Waals surface area contributed by atoms with E-state index < -0.39 is 11.4 Å². The Balaban J connectivity index is 2.14. The van der Waals surface area contributed by atoms with E-state index in [-0.39, 0.29) is 0 Å². The number of carboxylic acids is 1. The molecular weight excluding hydrogens is 250 g/mol. The van der Waals surface area contributed by atoms with Crippen LogP contribution in [-0.2, 0) is 11.2 Å². The highest BCUT2D eigenvalue weighted by Gasteiger charge is 2.42. The monoisotopic (exact) mass is 275 g/mol. The van der Waals surface area contributed by atoms with Crippen LogP contribution in [0, 0.1) is 5.41 Å². The molecule has 0 bridgehead atoms. The Labute approximate surface area is 121 Å². The lowest BCUT2D eigenvalue weighted by Crippen LogP contribution is -2.33. The van der Waals surface area contributed by atoms with E-state index in [1.165, 1.54) is 11.1 Å². The van der Waals surface area contributed by atoms with Gasteiger partial charge in [0.15, 0.2) is 0 Å². The quantitative estimate of drug-likeness (QED) is 0.894. The summed E-state index contributed by atoms with van der Waals surface area (Å²) in [5.41, 5.74) is 2.07. The number of aliphatic carboxylic acids is 1. The largest absolute Gasteiger partial charge is 0.481 e. The molecular formula is C17H25NO2. The number of hydrogen-bond donors (Lipinski definition) is 1. The Bertz CT molecular complexity index is 468. The van der Waals surface area contributed by atoms with E-state index in [9.17, 15) is 9.90 Å². The van der Waals surface area contributed by atoms with Gasteiger partial charge in [-0.15, -0.1) is 0 Å². The molecule has 110 valence electrons. The Morgan fingerprint density at radius 1 is 1.35 bits per heavy atom. The fraction of sp³-hybridized carbons (Fsp3) is 0.588. The lowest BCUT2D eigenvalue weighted by atomic mass is 9.90. The van der Waals surface area contributed by atoms with Crippen molar-refractivity contribution in [3.63, 3.8) is 0 Å². The topological polar surface area (TPSA) is 40.5 Å². The zero-order valence-electron chi connectivity index (χ0n) is 12.7. The molecule has 0 spiro atoms. The fourth-order valence-corrected chi connectivity index (χ4v) is 3.12. The van der Waals surface area contributed by atoms with Gasteiger partial charge >= 0.3 is 5.97 Å². The van der Waals surface area contributed by atoms with Gasteiger partial charge in [-0.25, -0.2) is 0 Å². The van der Waals surface area contributed by atoms with Crippen molar-refractivity contribution >= 4 is 5.97 Å². The van der Waals surface area contributed by atoms with Crippen LogP contribution in [-0.4, -0.2) is 29.1 Å². The maximum Gasteiger partial charge on any atom is 0.310 e. The molecule has 20 heavy (non-hydrogen) atoms. The highest BCUT2D eigenvalue weighted by molar-refractivity contribution is 5.74. The lowest BCUT2D eigenvalue weighted by molar-refractivity contribution is -0.147. The van der Waals surface area contributed by atoms with Crippen molar-refractivity contribution in [2.24, 2.45) is 5.41 Å². The summed E-state index contributed by atoms with van der Waals surface area (Å²) in [6, 6.07) is 9.10. The Kier molecular flexibility index (Phi) is 4.48. The SMILES string of the molecule is CCc1ccc(C(CC)N2CCC(C)(C(=O)O)C2)cc1. The molecule has 0 amide bonds. The second-order valence-corrected chi connectivity index (χ2v) is 6.11. The molecule has 1 heterocycles. The predicted molar refractivity (Wildman–Crippen MR) is 80.8 cm³/mol. The molecule has 0 radical (unpaired) electrons. The molecule has 1 fully saturated rings. The molecule has 1 aromatic rings. The molecule has 1 aliphatic rings. The van der Waals surface area contributed by atoms with Gasteiger partial charge in [-0.2, -0.15) is 0 Å². The lowest BCUT2D eigenvalue weighted by Gasteiger charge is -2.28. The summed E-state index contributed by atoms with van der Waals surface area (Å²) in [7, 11) is 0. The molecule has 1 aliphatic heterocycles. The first-order valence-electron chi connectivity index (χ1n) is 7.56. The first kappa shape index (κ1) is 15.0. The van der Waals surface area contributed by atoms with Crippen LogP contribution in [0.15, 0.2) is 24.3 Å². The summed E-state index contributed by atoms with van der Waals surface area (Å²) in [5, 5.41) is 9.36. The van der Waals surface area contributed by atoms with Crippen LogP contribution in [0.25, 0.3) is 0 Å². The minimum Gasteiger partial charge on any atom is -0.481 e. The van der Waals surface area contributed by atoms with E-state index in [0.29, 0.717) is 12.6 Å². The standard InChI is InChI=1S/C17H25NO2/c1-4-13-6-8-14(9-7-13)15(5-2)18-11-10-17(3,12-18)16(19)20/h6-9,15H,4-5,10-12H2,1-3H3,(H,19,20). The highest BCUT2D eigenvalue weighted by Crippen LogP contribution is 2.36. The van der Waals surface area contributed by atoms with E-state index in [4.69, 9.17) is 0 Å². The third-order valence-electron chi connectivity index (χ3n) is 4.62.